The average molecular weight is 236 g/mol. The molecule has 1 aromatic heterocycles. The average Bonchev–Trinajstić information content (AvgIpc) is 2.79. The van der Waals surface area contributed by atoms with Gasteiger partial charge in [-0.3, -0.25) is 0 Å². The maximum Gasteiger partial charge on any atom is 0.131 e. The van der Waals surface area contributed by atoms with Crippen LogP contribution in [-0.4, -0.2) is 35.8 Å². The van der Waals surface area contributed by atoms with Gasteiger partial charge in [0.15, 0.2) is 0 Å². The van der Waals surface area contributed by atoms with Gasteiger partial charge in [0.1, 0.15) is 17.5 Å². The molecule has 1 unspecified atom stereocenters. The third-order valence-electron chi connectivity index (χ3n) is 2.73. The largest absolute Gasteiger partial charge is 0.376 e. The minimum atomic E-state index is 0.327. The number of anilines is 2. The first kappa shape index (κ1) is 12.1. The predicted octanol–water partition coefficient (Wildman–Crippen LogP) is 1.81. The Kier molecular flexibility index (Phi) is 4.14. The van der Waals surface area contributed by atoms with Gasteiger partial charge < -0.3 is 15.4 Å². The number of aromatic nitrogens is 2. The lowest BCUT2D eigenvalue weighted by molar-refractivity contribution is 0.120. The summed E-state index contributed by atoms with van der Waals surface area (Å²) in [6, 6.07) is 1.94. The van der Waals surface area contributed by atoms with Crippen molar-refractivity contribution in [1.29, 1.82) is 0 Å². The monoisotopic (exact) mass is 236 g/mol. The highest BCUT2D eigenvalue weighted by Crippen LogP contribution is 2.14. The van der Waals surface area contributed by atoms with Crippen LogP contribution in [0.15, 0.2) is 6.07 Å². The summed E-state index contributed by atoms with van der Waals surface area (Å²) in [7, 11) is 0. The van der Waals surface area contributed by atoms with E-state index in [0.29, 0.717) is 6.10 Å². The molecule has 17 heavy (non-hydrogen) atoms. The van der Waals surface area contributed by atoms with Gasteiger partial charge in [-0.25, -0.2) is 9.97 Å². The molecular formula is C12H20N4O. The molecule has 0 bridgehead atoms. The van der Waals surface area contributed by atoms with Crippen molar-refractivity contribution in [2.75, 3.05) is 30.3 Å². The van der Waals surface area contributed by atoms with Crippen molar-refractivity contribution in [3.05, 3.63) is 11.9 Å². The quantitative estimate of drug-likeness (QED) is 0.816. The van der Waals surface area contributed by atoms with Crippen molar-refractivity contribution in [3.8, 4) is 0 Å². The van der Waals surface area contributed by atoms with Gasteiger partial charge >= 0.3 is 0 Å². The van der Waals surface area contributed by atoms with Crippen molar-refractivity contribution in [2.24, 2.45) is 0 Å². The third kappa shape index (κ3) is 3.56. The zero-order valence-corrected chi connectivity index (χ0v) is 10.5. The molecule has 2 heterocycles. The van der Waals surface area contributed by atoms with Gasteiger partial charge in [0.2, 0.25) is 0 Å². The summed E-state index contributed by atoms with van der Waals surface area (Å²) < 4.78 is 5.56. The summed E-state index contributed by atoms with van der Waals surface area (Å²) >= 11 is 0. The number of hydrogen-bond donors (Lipinski definition) is 2. The van der Waals surface area contributed by atoms with Crippen LogP contribution < -0.4 is 10.6 Å². The molecule has 0 saturated carbocycles. The molecule has 1 aliphatic rings. The van der Waals surface area contributed by atoms with E-state index in [4.69, 9.17) is 4.74 Å². The highest BCUT2D eigenvalue weighted by atomic mass is 16.5. The van der Waals surface area contributed by atoms with Gasteiger partial charge in [-0.2, -0.15) is 0 Å². The molecule has 0 spiro atoms. The van der Waals surface area contributed by atoms with Crippen LogP contribution in [0.4, 0.5) is 11.6 Å². The van der Waals surface area contributed by atoms with Crippen LogP contribution in [0.5, 0.6) is 0 Å². The van der Waals surface area contributed by atoms with E-state index in [9.17, 15) is 0 Å². The van der Waals surface area contributed by atoms with E-state index in [-0.39, 0.29) is 0 Å². The molecule has 2 N–H and O–H groups in total. The van der Waals surface area contributed by atoms with Crippen LogP contribution in [-0.2, 0) is 4.74 Å². The fraction of sp³-hybridized carbons (Fsp3) is 0.667. The second-order valence-electron chi connectivity index (χ2n) is 4.23. The summed E-state index contributed by atoms with van der Waals surface area (Å²) in [5.74, 6) is 2.51. The predicted molar refractivity (Wildman–Crippen MR) is 68.4 cm³/mol. The van der Waals surface area contributed by atoms with Crippen molar-refractivity contribution in [3.63, 3.8) is 0 Å². The fourth-order valence-corrected chi connectivity index (χ4v) is 1.95. The Balaban J connectivity index is 1.94. The molecule has 94 valence electrons. The summed E-state index contributed by atoms with van der Waals surface area (Å²) in [6.45, 7) is 6.52. The number of ether oxygens (including phenoxy) is 1. The van der Waals surface area contributed by atoms with Crippen LogP contribution in [0.3, 0.4) is 0 Å². The standard InChI is InChI=1S/C12H20N4O/c1-3-13-11-7-12(16-9(2)15-11)14-8-10-5-4-6-17-10/h7,10H,3-6,8H2,1-2H3,(H2,13,14,15,16). The van der Waals surface area contributed by atoms with Crippen LogP contribution >= 0.6 is 0 Å². The zero-order valence-electron chi connectivity index (χ0n) is 10.5. The zero-order chi connectivity index (χ0) is 12.1. The first-order valence-corrected chi connectivity index (χ1v) is 6.23. The molecule has 0 radical (unpaired) electrons. The van der Waals surface area contributed by atoms with Gasteiger partial charge in [0, 0.05) is 25.8 Å². The van der Waals surface area contributed by atoms with E-state index in [0.717, 1.165) is 50.0 Å². The van der Waals surface area contributed by atoms with Crippen LogP contribution in [0.25, 0.3) is 0 Å². The summed E-state index contributed by atoms with van der Waals surface area (Å²) in [6.07, 6.45) is 2.63. The van der Waals surface area contributed by atoms with E-state index < -0.39 is 0 Å². The molecule has 5 heteroatoms. The van der Waals surface area contributed by atoms with Crippen molar-refractivity contribution >= 4 is 11.6 Å². The van der Waals surface area contributed by atoms with Gasteiger partial charge in [-0.15, -0.1) is 0 Å². The SMILES string of the molecule is CCNc1cc(NCC2CCCO2)nc(C)n1. The molecule has 1 saturated heterocycles. The van der Waals surface area contributed by atoms with E-state index in [1.165, 1.54) is 0 Å². The van der Waals surface area contributed by atoms with Crippen molar-refractivity contribution < 1.29 is 4.74 Å². The van der Waals surface area contributed by atoms with Gasteiger partial charge in [-0.1, -0.05) is 0 Å². The Hall–Kier alpha value is -1.36. The summed E-state index contributed by atoms with van der Waals surface area (Å²) in [4.78, 5) is 8.67. The van der Waals surface area contributed by atoms with Crippen molar-refractivity contribution in [2.45, 2.75) is 32.8 Å². The Morgan fingerprint density at radius 1 is 1.35 bits per heavy atom. The number of nitrogens with one attached hydrogen (secondary N) is 2. The Morgan fingerprint density at radius 3 is 2.76 bits per heavy atom. The van der Waals surface area contributed by atoms with E-state index in [2.05, 4.69) is 27.5 Å². The van der Waals surface area contributed by atoms with Gasteiger partial charge in [0.25, 0.3) is 0 Å². The number of nitrogens with zero attached hydrogens (tertiary/aromatic N) is 2. The van der Waals surface area contributed by atoms with Crippen molar-refractivity contribution in [1.82, 2.24) is 9.97 Å². The van der Waals surface area contributed by atoms with Gasteiger partial charge in [0.05, 0.1) is 6.10 Å². The highest BCUT2D eigenvalue weighted by molar-refractivity contribution is 5.47. The number of aryl methyl sites for hydroxylation is 1. The lowest BCUT2D eigenvalue weighted by Gasteiger charge is -2.12. The van der Waals surface area contributed by atoms with E-state index in [1.54, 1.807) is 0 Å². The Bertz CT molecular complexity index is 364. The lowest BCUT2D eigenvalue weighted by atomic mass is 10.2. The smallest absolute Gasteiger partial charge is 0.131 e. The first-order valence-electron chi connectivity index (χ1n) is 6.23. The fourth-order valence-electron chi connectivity index (χ4n) is 1.95. The van der Waals surface area contributed by atoms with Crippen LogP contribution in [0.2, 0.25) is 0 Å². The molecule has 1 aromatic rings. The number of hydrogen-bond acceptors (Lipinski definition) is 5. The van der Waals surface area contributed by atoms with Crippen LogP contribution in [0, 0.1) is 6.92 Å². The normalized spacial score (nSPS) is 19.3. The number of rotatable bonds is 5. The molecule has 2 rings (SSSR count). The Labute approximate surface area is 102 Å². The van der Waals surface area contributed by atoms with E-state index in [1.807, 2.05) is 13.0 Å². The molecule has 1 aliphatic heterocycles. The summed E-state index contributed by atoms with van der Waals surface area (Å²) in [5.41, 5.74) is 0. The third-order valence-corrected chi connectivity index (χ3v) is 2.73. The summed E-state index contributed by atoms with van der Waals surface area (Å²) in [5, 5.41) is 6.50. The Morgan fingerprint density at radius 2 is 2.12 bits per heavy atom. The molecule has 0 aromatic carbocycles. The highest BCUT2D eigenvalue weighted by Gasteiger charge is 2.15. The lowest BCUT2D eigenvalue weighted by Crippen LogP contribution is -2.19. The molecule has 0 aliphatic carbocycles. The van der Waals surface area contributed by atoms with Crippen LogP contribution in [0.1, 0.15) is 25.6 Å². The molecule has 1 atom stereocenters. The molecule has 1 fully saturated rings. The van der Waals surface area contributed by atoms with Gasteiger partial charge in [-0.05, 0) is 26.7 Å². The minimum Gasteiger partial charge on any atom is -0.376 e. The second-order valence-corrected chi connectivity index (χ2v) is 4.23. The maximum atomic E-state index is 5.56. The second kappa shape index (κ2) is 5.82. The molecule has 5 nitrogen and oxygen atoms in total. The molecular weight excluding hydrogens is 216 g/mol. The first-order chi connectivity index (χ1) is 8.28. The van der Waals surface area contributed by atoms with E-state index >= 15 is 0 Å². The topological polar surface area (TPSA) is 59.1 Å². The maximum absolute atomic E-state index is 5.56. The minimum absolute atomic E-state index is 0.327. The molecule has 0 amide bonds.